The molecular formula is C15H28N4S. The van der Waals surface area contributed by atoms with Crippen molar-refractivity contribution in [2.24, 2.45) is 4.99 Å². The Morgan fingerprint density at radius 1 is 1.30 bits per heavy atom. The van der Waals surface area contributed by atoms with Gasteiger partial charge in [-0.1, -0.05) is 27.7 Å². The third-order valence-corrected chi connectivity index (χ3v) is 3.70. The van der Waals surface area contributed by atoms with Crippen LogP contribution in [0.5, 0.6) is 0 Å². The lowest BCUT2D eigenvalue weighted by atomic mass is 9.93. The van der Waals surface area contributed by atoms with Crippen LogP contribution in [0.2, 0.25) is 0 Å². The Kier molecular flexibility index (Phi) is 6.99. The Hall–Kier alpha value is -1.10. The number of nitrogens with zero attached hydrogens (tertiary/aromatic N) is 2. The predicted molar refractivity (Wildman–Crippen MR) is 88.8 cm³/mol. The van der Waals surface area contributed by atoms with Crippen LogP contribution < -0.4 is 10.6 Å². The zero-order valence-electron chi connectivity index (χ0n) is 13.4. The minimum absolute atomic E-state index is 0.139. The van der Waals surface area contributed by atoms with Crippen molar-refractivity contribution >= 4 is 17.3 Å². The molecule has 0 unspecified atom stereocenters. The summed E-state index contributed by atoms with van der Waals surface area (Å²) in [6.07, 6.45) is 2.01. The zero-order chi connectivity index (χ0) is 15.0. The molecule has 4 nitrogen and oxygen atoms in total. The van der Waals surface area contributed by atoms with Gasteiger partial charge in [0.2, 0.25) is 0 Å². The summed E-state index contributed by atoms with van der Waals surface area (Å²) < 4.78 is 0. The van der Waals surface area contributed by atoms with Crippen LogP contribution in [0.3, 0.4) is 0 Å². The van der Waals surface area contributed by atoms with E-state index >= 15 is 0 Å². The number of rotatable bonds is 6. The van der Waals surface area contributed by atoms with Crippen molar-refractivity contribution < 1.29 is 0 Å². The summed E-state index contributed by atoms with van der Waals surface area (Å²) in [6.45, 7) is 13.4. The van der Waals surface area contributed by atoms with E-state index in [0.717, 1.165) is 38.4 Å². The molecule has 1 heterocycles. The highest BCUT2D eigenvalue weighted by molar-refractivity contribution is 7.09. The first-order valence-electron chi connectivity index (χ1n) is 7.44. The Balaban J connectivity index is 2.44. The van der Waals surface area contributed by atoms with E-state index in [1.807, 2.05) is 0 Å². The highest BCUT2D eigenvalue weighted by Crippen LogP contribution is 2.23. The van der Waals surface area contributed by atoms with E-state index in [4.69, 9.17) is 4.98 Å². The van der Waals surface area contributed by atoms with Gasteiger partial charge in [-0.15, -0.1) is 11.3 Å². The first kappa shape index (κ1) is 17.0. The number of nitrogens with one attached hydrogen (secondary N) is 2. The smallest absolute Gasteiger partial charge is 0.191 e. The second-order valence-electron chi connectivity index (χ2n) is 5.81. The largest absolute Gasteiger partial charge is 0.357 e. The average molecular weight is 296 g/mol. The summed E-state index contributed by atoms with van der Waals surface area (Å²) >= 11 is 1.75. The normalized spacial score (nSPS) is 12.6. The van der Waals surface area contributed by atoms with E-state index in [0.29, 0.717) is 0 Å². The van der Waals surface area contributed by atoms with E-state index in [1.54, 1.807) is 11.3 Å². The zero-order valence-corrected chi connectivity index (χ0v) is 14.2. The van der Waals surface area contributed by atoms with Crippen LogP contribution in [0.4, 0.5) is 0 Å². The van der Waals surface area contributed by atoms with E-state index < -0.39 is 0 Å². The third-order valence-electron chi connectivity index (χ3n) is 2.79. The Morgan fingerprint density at radius 3 is 2.60 bits per heavy atom. The molecule has 0 aliphatic carbocycles. The average Bonchev–Trinajstić information content (AvgIpc) is 2.84. The summed E-state index contributed by atoms with van der Waals surface area (Å²) in [5, 5.41) is 9.97. The standard InChI is InChI=1S/C15H28N4S/c1-6-9-17-14(16-7-2)18-10-8-13-19-12(11-20-13)15(3,4)5/h11H,6-10H2,1-5H3,(H2,16,17,18). The van der Waals surface area contributed by atoms with Crippen LogP contribution in [-0.2, 0) is 11.8 Å². The SMILES string of the molecule is CCCN=C(NCC)NCCc1nc(C(C)(C)C)cs1. The van der Waals surface area contributed by atoms with Gasteiger partial charge in [0.05, 0.1) is 10.7 Å². The molecule has 0 spiro atoms. The monoisotopic (exact) mass is 296 g/mol. The summed E-state index contributed by atoms with van der Waals surface area (Å²) in [7, 11) is 0. The van der Waals surface area contributed by atoms with Gasteiger partial charge < -0.3 is 10.6 Å². The molecule has 1 aromatic rings. The molecular weight excluding hydrogens is 268 g/mol. The van der Waals surface area contributed by atoms with Crippen LogP contribution >= 0.6 is 11.3 Å². The summed E-state index contributed by atoms with van der Waals surface area (Å²) in [4.78, 5) is 9.19. The maximum absolute atomic E-state index is 4.70. The van der Waals surface area contributed by atoms with Crippen molar-refractivity contribution in [3.05, 3.63) is 16.1 Å². The van der Waals surface area contributed by atoms with Crippen molar-refractivity contribution in [3.8, 4) is 0 Å². The molecule has 0 saturated heterocycles. The van der Waals surface area contributed by atoms with Crippen LogP contribution in [0.1, 0.15) is 51.7 Å². The van der Waals surface area contributed by atoms with E-state index in [9.17, 15) is 0 Å². The molecule has 114 valence electrons. The van der Waals surface area contributed by atoms with Crippen molar-refractivity contribution in [1.29, 1.82) is 0 Å². The molecule has 0 aromatic carbocycles. The van der Waals surface area contributed by atoms with Gasteiger partial charge in [-0.3, -0.25) is 4.99 Å². The predicted octanol–water partition coefficient (Wildman–Crippen LogP) is 2.95. The van der Waals surface area contributed by atoms with Crippen LogP contribution in [-0.4, -0.2) is 30.6 Å². The van der Waals surface area contributed by atoms with Crippen LogP contribution in [0, 0.1) is 0 Å². The minimum atomic E-state index is 0.139. The number of thiazole rings is 1. The first-order valence-corrected chi connectivity index (χ1v) is 8.32. The van der Waals surface area contributed by atoms with Crippen molar-refractivity contribution in [3.63, 3.8) is 0 Å². The number of aromatic nitrogens is 1. The molecule has 2 N–H and O–H groups in total. The molecule has 0 fully saturated rings. The van der Waals surface area contributed by atoms with E-state index in [1.165, 1.54) is 10.7 Å². The quantitative estimate of drug-likeness (QED) is 0.627. The number of hydrogen-bond acceptors (Lipinski definition) is 3. The van der Waals surface area contributed by atoms with Gasteiger partial charge >= 0.3 is 0 Å². The second-order valence-corrected chi connectivity index (χ2v) is 6.76. The molecule has 1 aromatic heterocycles. The lowest BCUT2D eigenvalue weighted by molar-refractivity contribution is 0.570. The van der Waals surface area contributed by atoms with Gasteiger partial charge in [0.25, 0.3) is 0 Å². The minimum Gasteiger partial charge on any atom is -0.357 e. The topological polar surface area (TPSA) is 49.3 Å². The van der Waals surface area contributed by atoms with Crippen molar-refractivity contribution in [2.75, 3.05) is 19.6 Å². The molecule has 0 radical (unpaired) electrons. The summed E-state index contributed by atoms with van der Waals surface area (Å²) in [5.41, 5.74) is 1.32. The van der Waals surface area contributed by atoms with Crippen molar-refractivity contribution in [2.45, 2.75) is 52.9 Å². The fourth-order valence-electron chi connectivity index (χ4n) is 1.62. The molecule has 20 heavy (non-hydrogen) atoms. The van der Waals surface area contributed by atoms with Gasteiger partial charge in [0.15, 0.2) is 5.96 Å². The fourth-order valence-corrected chi connectivity index (χ4v) is 2.65. The maximum Gasteiger partial charge on any atom is 0.191 e. The molecule has 0 aliphatic heterocycles. The number of guanidine groups is 1. The van der Waals surface area contributed by atoms with Crippen molar-refractivity contribution in [1.82, 2.24) is 15.6 Å². The van der Waals surface area contributed by atoms with Gasteiger partial charge in [0, 0.05) is 36.9 Å². The first-order chi connectivity index (χ1) is 9.47. The highest BCUT2D eigenvalue weighted by Gasteiger charge is 2.17. The number of hydrogen-bond donors (Lipinski definition) is 2. The molecule has 5 heteroatoms. The summed E-state index contributed by atoms with van der Waals surface area (Å²) in [5.74, 6) is 0.905. The van der Waals surface area contributed by atoms with Crippen LogP contribution in [0.15, 0.2) is 10.4 Å². The van der Waals surface area contributed by atoms with Gasteiger partial charge in [-0.25, -0.2) is 4.98 Å². The molecule has 0 bridgehead atoms. The summed E-state index contributed by atoms with van der Waals surface area (Å²) in [6, 6.07) is 0. The van der Waals surface area contributed by atoms with Crippen LogP contribution in [0.25, 0.3) is 0 Å². The lowest BCUT2D eigenvalue weighted by Gasteiger charge is -2.14. The van der Waals surface area contributed by atoms with Gasteiger partial charge in [-0.05, 0) is 13.3 Å². The Bertz CT molecular complexity index is 418. The Morgan fingerprint density at radius 2 is 2.05 bits per heavy atom. The highest BCUT2D eigenvalue weighted by atomic mass is 32.1. The van der Waals surface area contributed by atoms with Gasteiger partial charge in [0.1, 0.15) is 0 Å². The molecule has 0 saturated carbocycles. The Labute approximate surface area is 127 Å². The van der Waals surface area contributed by atoms with Gasteiger partial charge in [-0.2, -0.15) is 0 Å². The molecule has 0 atom stereocenters. The molecule has 0 amide bonds. The lowest BCUT2D eigenvalue weighted by Crippen LogP contribution is -2.38. The number of aliphatic imine (C=N–C) groups is 1. The van der Waals surface area contributed by atoms with E-state index in [-0.39, 0.29) is 5.41 Å². The second kappa shape index (κ2) is 8.25. The van der Waals surface area contributed by atoms with E-state index in [2.05, 4.69) is 55.6 Å². The third kappa shape index (κ3) is 5.90. The fraction of sp³-hybridized carbons (Fsp3) is 0.733. The maximum atomic E-state index is 4.70. The molecule has 0 aliphatic rings. The molecule has 1 rings (SSSR count).